The monoisotopic (exact) mass is 471 g/mol. The van der Waals surface area contributed by atoms with Gasteiger partial charge < -0.3 is 14.8 Å². The molecule has 1 heterocycles. The summed E-state index contributed by atoms with van der Waals surface area (Å²) in [5, 5.41) is 10.1. The molecule has 3 aromatic rings. The van der Waals surface area contributed by atoms with Gasteiger partial charge in [-0.3, -0.25) is 9.59 Å². The van der Waals surface area contributed by atoms with E-state index in [1.807, 2.05) is 12.1 Å². The van der Waals surface area contributed by atoms with Crippen LogP contribution in [-0.4, -0.2) is 21.8 Å². The lowest BCUT2D eigenvalue weighted by atomic mass is 9.90. The molecule has 2 N–H and O–H groups in total. The van der Waals surface area contributed by atoms with Crippen LogP contribution < -0.4 is 4.74 Å². The van der Waals surface area contributed by atoms with Crippen LogP contribution in [0.1, 0.15) is 71.9 Å². The number of aryl methyl sites for hydroxylation is 1. The number of benzene rings is 2. The number of aliphatic carboxylic acids is 1. The van der Waals surface area contributed by atoms with Crippen molar-refractivity contribution in [1.82, 2.24) is 4.98 Å². The molecule has 1 fully saturated rings. The number of aromatic amines is 1. The summed E-state index contributed by atoms with van der Waals surface area (Å²) >= 11 is 0. The number of carbonyl (C=O) groups is 2. The molecule has 0 amide bonds. The number of hydrogen-bond donors (Lipinski definition) is 2. The zero-order valence-corrected chi connectivity index (χ0v) is 18.4. The molecule has 0 spiro atoms. The van der Waals surface area contributed by atoms with E-state index in [0.717, 1.165) is 41.1 Å². The fourth-order valence-corrected chi connectivity index (χ4v) is 5.39. The summed E-state index contributed by atoms with van der Waals surface area (Å²) in [7, 11) is 0. The van der Waals surface area contributed by atoms with Crippen molar-refractivity contribution < 1.29 is 32.6 Å². The Bertz CT molecular complexity index is 1280. The number of Topliss-reactive ketones (excluding diaryl/α,β-unsaturated/α-hetero) is 1. The summed E-state index contributed by atoms with van der Waals surface area (Å²) in [6.45, 7) is -0.0399. The lowest BCUT2D eigenvalue weighted by Gasteiger charge is -2.18. The lowest BCUT2D eigenvalue weighted by molar-refractivity contribution is -0.139. The molecule has 8 heteroatoms. The highest BCUT2D eigenvalue weighted by Crippen LogP contribution is 2.42. The van der Waals surface area contributed by atoms with Gasteiger partial charge >= 0.3 is 12.1 Å². The molecule has 2 aliphatic rings. The Balaban J connectivity index is 1.37. The Labute approximate surface area is 193 Å². The third kappa shape index (κ3) is 4.17. The number of rotatable bonds is 6. The largest absolute Gasteiger partial charge is 0.489 e. The number of fused-ring (bicyclic) bond motifs is 3. The van der Waals surface area contributed by atoms with Crippen molar-refractivity contribution in [3.05, 3.63) is 64.3 Å². The number of ketones is 1. The van der Waals surface area contributed by atoms with Crippen molar-refractivity contribution in [3.8, 4) is 5.75 Å². The molecule has 0 radical (unpaired) electrons. The minimum absolute atomic E-state index is 0.0399. The van der Waals surface area contributed by atoms with Gasteiger partial charge in [0.2, 0.25) is 0 Å². The van der Waals surface area contributed by atoms with E-state index >= 15 is 0 Å². The molecule has 5 rings (SSSR count). The lowest BCUT2D eigenvalue weighted by Crippen LogP contribution is -2.15. The fraction of sp³-hybridized carbons (Fsp3) is 0.385. The number of alkyl halides is 3. The van der Waals surface area contributed by atoms with Crippen molar-refractivity contribution >= 4 is 22.7 Å². The predicted octanol–water partition coefficient (Wildman–Crippen LogP) is 6.11. The second-order valence-electron chi connectivity index (χ2n) is 9.18. The van der Waals surface area contributed by atoms with E-state index in [2.05, 4.69) is 4.98 Å². The second kappa shape index (κ2) is 8.49. The second-order valence-corrected chi connectivity index (χ2v) is 9.18. The predicted molar refractivity (Wildman–Crippen MR) is 119 cm³/mol. The van der Waals surface area contributed by atoms with Crippen LogP contribution in [0.3, 0.4) is 0 Å². The van der Waals surface area contributed by atoms with Gasteiger partial charge in [0.1, 0.15) is 18.1 Å². The van der Waals surface area contributed by atoms with Crippen LogP contribution in [0, 0.1) is 0 Å². The average Bonchev–Trinajstić information content (AvgIpc) is 3.47. The normalized spacial score (nSPS) is 20.1. The first kappa shape index (κ1) is 22.5. The van der Waals surface area contributed by atoms with Crippen LogP contribution in [0.2, 0.25) is 0 Å². The number of carbonyl (C=O) groups excluding carboxylic acids is 1. The Morgan fingerprint density at radius 3 is 2.65 bits per heavy atom. The first-order valence-corrected chi connectivity index (χ1v) is 11.4. The van der Waals surface area contributed by atoms with Gasteiger partial charge in [-0.05, 0) is 66.6 Å². The Hall–Kier alpha value is -3.29. The van der Waals surface area contributed by atoms with Gasteiger partial charge in [-0.15, -0.1) is 0 Å². The van der Waals surface area contributed by atoms with Gasteiger partial charge in [-0.2, -0.15) is 13.2 Å². The van der Waals surface area contributed by atoms with Crippen molar-refractivity contribution in [2.75, 3.05) is 0 Å². The smallest absolute Gasteiger partial charge is 0.416 e. The van der Waals surface area contributed by atoms with Gasteiger partial charge in [0.15, 0.2) is 0 Å². The summed E-state index contributed by atoms with van der Waals surface area (Å²) < 4.78 is 47.1. The first-order chi connectivity index (χ1) is 16.2. The number of ether oxygens (including phenoxy) is 1. The molecule has 0 bridgehead atoms. The quantitative estimate of drug-likeness (QED) is 0.455. The number of carboxylic acid groups (broad SMARTS) is 1. The standard InChI is InChI=1S/C26H24F3NO4/c27-26(28,29)21-10-14(4-7-17(21)18-2-1-3-23(18)31)13-34-16-6-9-22-20(12-16)19-8-5-15(11-24(32)33)25(19)30-22/h4,6-7,9-10,12,15,18,30H,1-3,5,8,11,13H2,(H,32,33)/t15-,18?/m0/s1. The number of carboxylic acids is 1. The molecule has 1 unspecified atom stereocenters. The molecule has 0 aliphatic heterocycles. The number of hydrogen-bond acceptors (Lipinski definition) is 3. The first-order valence-electron chi connectivity index (χ1n) is 11.4. The van der Waals surface area contributed by atoms with E-state index in [4.69, 9.17) is 9.84 Å². The molecule has 2 aromatic carbocycles. The minimum atomic E-state index is -4.55. The van der Waals surface area contributed by atoms with Crippen molar-refractivity contribution in [1.29, 1.82) is 0 Å². The van der Waals surface area contributed by atoms with Gasteiger partial charge in [-0.25, -0.2) is 0 Å². The number of nitrogens with one attached hydrogen (secondary N) is 1. The van der Waals surface area contributed by atoms with Gasteiger partial charge in [-0.1, -0.05) is 12.1 Å². The third-order valence-electron chi connectivity index (χ3n) is 6.99. The molecular formula is C26H24F3NO4. The topological polar surface area (TPSA) is 79.4 Å². The Kier molecular flexibility index (Phi) is 5.62. The van der Waals surface area contributed by atoms with Crippen molar-refractivity contribution in [2.24, 2.45) is 0 Å². The van der Waals surface area contributed by atoms with Crippen LogP contribution in [0.15, 0.2) is 36.4 Å². The van der Waals surface area contributed by atoms with Crippen molar-refractivity contribution in [3.63, 3.8) is 0 Å². The fourth-order valence-electron chi connectivity index (χ4n) is 5.39. The maximum absolute atomic E-state index is 13.8. The van der Waals surface area contributed by atoms with Gasteiger partial charge in [0.25, 0.3) is 0 Å². The highest BCUT2D eigenvalue weighted by atomic mass is 19.4. The summed E-state index contributed by atoms with van der Waals surface area (Å²) in [5.41, 5.74) is 2.58. The molecule has 34 heavy (non-hydrogen) atoms. The summed E-state index contributed by atoms with van der Waals surface area (Å²) in [6, 6.07) is 9.54. The van der Waals surface area contributed by atoms with Crippen molar-refractivity contribution in [2.45, 2.75) is 63.1 Å². The van der Waals surface area contributed by atoms with E-state index in [1.165, 1.54) is 6.07 Å². The van der Waals surface area contributed by atoms with E-state index in [1.54, 1.807) is 12.1 Å². The molecule has 1 saturated carbocycles. The van der Waals surface area contributed by atoms with E-state index < -0.39 is 23.6 Å². The molecule has 5 nitrogen and oxygen atoms in total. The average molecular weight is 471 g/mol. The molecule has 2 aliphatic carbocycles. The third-order valence-corrected chi connectivity index (χ3v) is 6.99. The summed E-state index contributed by atoms with van der Waals surface area (Å²) in [6.07, 6.45) is -1.54. The Morgan fingerprint density at radius 1 is 1.12 bits per heavy atom. The Morgan fingerprint density at radius 2 is 1.94 bits per heavy atom. The maximum atomic E-state index is 13.8. The van der Waals surface area contributed by atoms with E-state index in [0.29, 0.717) is 30.6 Å². The van der Waals surface area contributed by atoms with E-state index in [-0.39, 0.29) is 30.3 Å². The molecule has 2 atom stereocenters. The SMILES string of the molecule is O=C(O)C[C@@H]1CCc2c1[nH]c1ccc(OCc3ccc(C4CCCC4=O)c(C(F)(F)F)c3)cc21. The van der Waals surface area contributed by atoms with Crippen LogP contribution in [0.5, 0.6) is 5.75 Å². The molecule has 0 saturated heterocycles. The number of H-pyrrole nitrogens is 1. The number of halogens is 3. The summed E-state index contributed by atoms with van der Waals surface area (Å²) in [5.74, 6) is -1.17. The summed E-state index contributed by atoms with van der Waals surface area (Å²) in [4.78, 5) is 26.5. The van der Waals surface area contributed by atoms with Gasteiger partial charge in [0.05, 0.1) is 12.0 Å². The minimum Gasteiger partial charge on any atom is -0.489 e. The van der Waals surface area contributed by atoms with Gasteiger partial charge in [0, 0.05) is 34.9 Å². The molecule has 1 aromatic heterocycles. The molecular weight excluding hydrogens is 447 g/mol. The van der Waals surface area contributed by atoms with E-state index in [9.17, 15) is 22.8 Å². The highest BCUT2D eigenvalue weighted by Gasteiger charge is 2.38. The van der Waals surface area contributed by atoms with Crippen LogP contribution in [0.25, 0.3) is 10.9 Å². The zero-order chi connectivity index (χ0) is 24.0. The van der Waals surface area contributed by atoms with Crippen LogP contribution in [0.4, 0.5) is 13.2 Å². The van der Waals surface area contributed by atoms with Crippen LogP contribution in [-0.2, 0) is 28.8 Å². The number of aromatic nitrogens is 1. The zero-order valence-electron chi connectivity index (χ0n) is 18.4. The molecule has 178 valence electrons. The van der Waals surface area contributed by atoms with Crippen LogP contribution >= 0.6 is 0 Å². The maximum Gasteiger partial charge on any atom is 0.416 e. The highest BCUT2D eigenvalue weighted by molar-refractivity contribution is 5.88.